The zero-order valence-corrected chi connectivity index (χ0v) is 9.15. The number of nitrogens with one attached hydrogen (secondary N) is 1. The van der Waals surface area contributed by atoms with Crippen LogP contribution in [0.3, 0.4) is 0 Å². The second kappa shape index (κ2) is 5.24. The Labute approximate surface area is 90.9 Å². The van der Waals surface area contributed by atoms with Gasteiger partial charge in [-0.25, -0.2) is 0 Å². The van der Waals surface area contributed by atoms with E-state index < -0.39 is 0 Å². The van der Waals surface area contributed by atoms with Crippen molar-refractivity contribution in [2.24, 2.45) is 5.92 Å². The lowest BCUT2D eigenvalue weighted by molar-refractivity contribution is 0.177. The second-order valence-corrected chi connectivity index (χ2v) is 4.08. The van der Waals surface area contributed by atoms with E-state index in [9.17, 15) is 0 Å². The molecule has 1 aliphatic heterocycles. The summed E-state index contributed by atoms with van der Waals surface area (Å²) in [5.74, 6) is 0.656. The van der Waals surface area contributed by atoms with Crippen molar-refractivity contribution in [3.63, 3.8) is 0 Å². The minimum Gasteiger partial charge on any atom is -0.381 e. The van der Waals surface area contributed by atoms with Gasteiger partial charge in [-0.1, -0.05) is 0 Å². The molecule has 1 N–H and O–H groups in total. The third kappa shape index (κ3) is 2.76. The van der Waals surface area contributed by atoms with Gasteiger partial charge < -0.3 is 10.1 Å². The molecular weight excluding hydrogens is 188 g/mol. The molecule has 0 spiro atoms. The predicted molar refractivity (Wildman–Crippen MR) is 59.7 cm³/mol. The number of hydrogen-bond acceptors (Lipinski definition) is 3. The van der Waals surface area contributed by atoms with E-state index in [1.54, 1.807) is 0 Å². The van der Waals surface area contributed by atoms with Crippen LogP contribution in [0.2, 0.25) is 0 Å². The largest absolute Gasteiger partial charge is 0.381 e. The van der Waals surface area contributed by atoms with Crippen molar-refractivity contribution in [1.82, 2.24) is 10.3 Å². The van der Waals surface area contributed by atoms with Gasteiger partial charge in [-0.3, -0.25) is 4.98 Å². The highest BCUT2D eigenvalue weighted by atomic mass is 16.5. The van der Waals surface area contributed by atoms with Crippen LogP contribution < -0.4 is 5.32 Å². The SMILES string of the molecule is CNC(Cc1ccncc1)C1CCOC1. The first-order valence-corrected chi connectivity index (χ1v) is 5.54. The van der Waals surface area contributed by atoms with Gasteiger partial charge in [0.2, 0.25) is 0 Å². The number of rotatable bonds is 4. The van der Waals surface area contributed by atoms with Crippen LogP contribution in [0.5, 0.6) is 0 Å². The van der Waals surface area contributed by atoms with Crippen molar-refractivity contribution in [3.8, 4) is 0 Å². The van der Waals surface area contributed by atoms with Crippen LogP contribution in [-0.4, -0.2) is 31.3 Å². The Morgan fingerprint density at radius 1 is 1.53 bits per heavy atom. The van der Waals surface area contributed by atoms with Gasteiger partial charge in [0.05, 0.1) is 6.61 Å². The monoisotopic (exact) mass is 206 g/mol. The molecule has 1 aliphatic rings. The average Bonchev–Trinajstić information content (AvgIpc) is 2.81. The first-order chi connectivity index (χ1) is 7.40. The molecule has 2 atom stereocenters. The van der Waals surface area contributed by atoms with E-state index in [1.807, 2.05) is 19.4 Å². The van der Waals surface area contributed by atoms with Crippen LogP contribution in [0.15, 0.2) is 24.5 Å². The quantitative estimate of drug-likeness (QED) is 0.805. The highest BCUT2D eigenvalue weighted by molar-refractivity contribution is 5.11. The Balaban J connectivity index is 1.96. The molecule has 2 rings (SSSR count). The van der Waals surface area contributed by atoms with Gasteiger partial charge in [0, 0.05) is 31.0 Å². The number of likely N-dealkylation sites (N-methyl/N-ethyl adjacent to an activating group) is 1. The summed E-state index contributed by atoms with van der Waals surface area (Å²) in [4.78, 5) is 4.03. The third-order valence-corrected chi connectivity index (χ3v) is 3.11. The maximum absolute atomic E-state index is 5.43. The van der Waals surface area contributed by atoms with Crippen molar-refractivity contribution in [3.05, 3.63) is 30.1 Å². The van der Waals surface area contributed by atoms with Crippen LogP contribution in [0.4, 0.5) is 0 Å². The van der Waals surface area contributed by atoms with Crippen molar-refractivity contribution in [2.45, 2.75) is 18.9 Å². The summed E-state index contributed by atoms with van der Waals surface area (Å²) < 4.78 is 5.43. The summed E-state index contributed by atoms with van der Waals surface area (Å²) in [7, 11) is 2.03. The van der Waals surface area contributed by atoms with Crippen LogP contribution in [0.25, 0.3) is 0 Å². The summed E-state index contributed by atoms with van der Waals surface area (Å²) in [5, 5.41) is 3.39. The lowest BCUT2D eigenvalue weighted by Crippen LogP contribution is -2.35. The van der Waals surface area contributed by atoms with Gasteiger partial charge in [-0.2, -0.15) is 0 Å². The lowest BCUT2D eigenvalue weighted by atomic mass is 9.93. The Morgan fingerprint density at radius 2 is 2.33 bits per heavy atom. The van der Waals surface area contributed by atoms with Crippen LogP contribution in [-0.2, 0) is 11.2 Å². The Kier molecular flexibility index (Phi) is 3.69. The molecule has 3 heteroatoms. The molecule has 2 heterocycles. The smallest absolute Gasteiger partial charge is 0.0510 e. The molecular formula is C12H18N2O. The fourth-order valence-electron chi connectivity index (χ4n) is 2.15. The van der Waals surface area contributed by atoms with E-state index in [1.165, 1.54) is 12.0 Å². The number of ether oxygens (including phenoxy) is 1. The first-order valence-electron chi connectivity index (χ1n) is 5.54. The van der Waals surface area contributed by atoms with E-state index in [-0.39, 0.29) is 0 Å². The molecule has 0 amide bonds. The number of nitrogens with zero attached hydrogens (tertiary/aromatic N) is 1. The van der Waals surface area contributed by atoms with Crippen LogP contribution in [0, 0.1) is 5.92 Å². The molecule has 2 unspecified atom stereocenters. The summed E-state index contributed by atoms with van der Waals surface area (Å²) >= 11 is 0. The van der Waals surface area contributed by atoms with Gasteiger partial charge >= 0.3 is 0 Å². The van der Waals surface area contributed by atoms with E-state index in [2.05, 4.69) is 22.4 Å². The molecule has 82 valence electrons. The van der Waals surface area contributed by atoms with Crippen molar-refractivity contribution >= 4 is 0 Å². The van der Waals surface area contributed by atoms with E-state index in [0.717, 1.165) is 19.6 Å². The summed E-state index contributed by atoms with van der Waals surface area (Å²) in [6, 6.07) is 4.69. The molecule has 1 aromatic rings. The first kappa shape index (κ1) is 10.6. The molecule has 1 aromatic heterocycles. The fourth-order valence-corrected chi connectivity index (χ4v) is 2.15. The van der Waals surface area contributed by atoms with Gasteiger partial charge in [0.1, 0.15) is 0 Å². The predicted octanol–water partition coefficient (Wildman–Crippen LogP) is 1.25. The van der Waals surface area contributed by atoms with E-state index >= 15 is 0 Å². The molecule has 0 bridgehead atoms. The van der Waals surface area contributed by atoms with Crippen molar-refractivity contribution < 1.29 is 4.74 Å². The Morgan fingerprint density at radius 3 is 2.93 bits per heavy atom. The summed E-state index contributed by atoms with van der Waals surface area (Å²) in [6.45, 7) is 1.82. The highest BCUT2D eigenvalue weighted by Gasteiger charge is 2.24. The van der Waals surface area contributed by atoms with Crippen LogP contribution in [0.1, 0.15) is 12.0 Å². The minimum absolute atomic E-state index is 0.523. The molecule has 0 aliphatic carbocycles. The normalized spacial score (nSPS) is 22.9. The van der Waals surface area contributed by atoms with Gasteiger partial charge in [0.25, 0.3) is 0 Å². The number of aromatic nitrogens is 1. The Hall–Kier alpha value is -0.930. The van der Waals surface area contributed by atoms with Gasteiger partial charge in [0.15, 0.2) is 0 Å². The highest BCUT2D eigenvalue weighted by Crippen LogP contribution is 2.19. The van der Waals surface area contributed by atoms with E-state index in [0.29, 0.717) is 12.0 Å². The topological polar surface area (TPSA) is 34.2 Å². The molecule has 1 saturated heterocycles. The zero-order valence-electron chi connectivity index (χ0n) is 9.15. The molecule has 0 saturated carbocycles. The molecule has 0 radical (unpaired) electrons. The minimum atomic E-state index is 0.523. The lowest BCUT2D eigenvalue weighted by Gasteiger charge is -2.21. The molecule has 15 heavy (non-hydrogen) atoms. The van der Waals surface area contributed by atoms with Gasteiger partial charge in [-0.15, -0.1) is 0 Å². The maximum atomic E-state index is 5.43. The van der Waals surface area contributed by atoms with Gasteiger partial charge in [-0.05, 0) is 37.6 Å². The third-order valence-electron chi connectivity index (χ3n) is 3.11. The van der Waals surface area contributed by atoms with Crippen molar-refractivity contribution in [2.75, 3.05) is 20.3 Å². The standard InChI is InChI=1S/C12H18N2O/c1-13-12(11-4-7-15-9-11)8-10-2-5-14-6-3-10/h2-3,5-6,11-13H,4,7-9H2,1H3. The zero-order chi connectivity index (χ0) is 10.5. The van der Waals surface area contributed by atoms with Crippen molar-refractivity contribution in [1.29, 1.82) is 0 Å². The number of pyridine rings is 1. The molecule has 0 aromatic carbocycles. The number of hydrogen-bond donors (Lipinski definition) is 1. The van der Waals surface area contributed by atoms with Crippen LogP contribution >= 0.6 is 0 Å². The average molecular weight is 206 g/mol. The van der Waals surface area contributed by atoms with E-state index in [4.69, 9.17) is 4.74 Å². The second-order valence-electron chi connectivity index (χ2n) is 4.08. The molecule has 1 fully saturated rings. The fraction of sp³-hybridized carbons (Fsp3) is 0.583. The molecule has 3 nitrogen and oxygen atoms in total. The summed E-state index contributed by atoms with van der Waals surface area (Å²) in [6.07, 6.45) is 5.95. The summed E-state index contributed by atoms with van der Waals surface area (Å²) in [5.41, 5.74) is 1.34. The Bertz CT molecular complexity index is 283. The maximum Gasteiger partial charge on any atom is 0.0510 e.